The highest BCUT2D eigenvalue weighted by Gasteiger charge is 2.07. The maximum absolute atomic E-state index is 11.3. The summed E-state index contributed by atoms with van der Waals surface area (Å²) in [4.78, 5) is 21.1. The lowest BCUT2D eigenvalue weighted by Gasteiger charge is -2.10. The van der Waals surface area contributed by atoms with Gasteiger partial charge in [-0.1, -0.05) is 11.2 Å². The van der Waals surface area contributed by atoms with E-state index < -0.39 is 0 Å². The van der Waals surface area contributed by atoms with Gasteiger partial charge in [-0.2, -0.15) is 0 Å². The Morgan fingerprint density at radius 3 is 2.84 bits per heavy atom. The lowest BCUT2D eigenvalue weighted by Crippen LogP contribution is -2.17. The van der Waals surface area contributed by atoms with Crippen molar-refractivity contribution in [2.75, 3.05) is 13.7 Å². The average Bonchev–Trinajstić information content (AvgIpc) is 2.43. The third-order valence-electron chi connectivity index (χ3n) is 2.39. The highest BCUT2D eigenvalue weighted by atomic mass is 16.5. The van der Waals surface area contributed by atoms with Crippen LogP contribution in [0.2, 0.25) is 0 Å². The molecule has 6 heteroatoms. The lowest BCUT2D eigenvalue weighted by molar-refractivity contribution is -0.121. The predicted octanol–water partition coefficient (Wildman–Crippen LogP) is 1.39. The summed E-state index contributed by atoms with van der Waals surface area (Å²) < 4.78 is 10.6. The van der Waals surface area contributed by atoms with Crippen LogP contribution in [0.25, 0.3) is 0 Å². The maximum Gasteiger partial charge on any atom is 0.258 e. The first-order valence-corrected chi connectivity index (χ1v) is 5.86. The molecule has 0 saturated carbocycles. The molecule has 0 fully saturated rings. The zero-order valence-corrected chi connectivity index (χ0v) is 10.9. The van der Waals surface area contributed by atoms with Gasteiger partial charge in [-0.3, -0.25) is 4.79 Å². The Morgan fingerprint density at radius 2 is 2.21 bits per heavy atom. The first-order valence-electron chi connectivity index (χ1n) is 5.86. The van der Waals surface area contributed by atoms with Gasteiger partial charge in [0.05, 0.1) is 13.7 Å². The van der Waals surface area contributed by atoms with E-state index in [1.165, 1.54) is 6.08 Å². The second-order valence-corrected chi connectivity index (χ2v) is 3.66. The molecule has 0 heterocycles. The molecular weight excluding hydrogens is 248 g/mol. The summed E-state index contributed by atoms with van der Waals surface area (Å²) in [5.41, 5.74) is 3.01. The molecule has 0 aliphatic heterocycles. The van der Waals surface area contributed by atoms with Crippen LogP contribution in [0.5, 0.6) is 11.5 Å². The molecule has 1 N–H and O–H groups in total. The second-order valence-electron chi connectivity index (χ2n) is 3.66. The van der Waals surface area contributed by atoms with Gasteiger partial charge >= 0.3 is 0 Å². The summed E-state index contributed by atoms with van der Waals surface area (Å²) in [6, 6.07) is 5.48. The summed E-state index contributed by atoms with van der Waals surface area (Å²) in [5.74, 6) is 0.964. The number of isocyanates is 1. The van der Waals surface area contributed by atoms with Crippen LogP contribution in [0.15, 0.2) is 23.3 Å². The fraction of sp³-hybridized carbons (Fsp3) is 0.385. The van der Waals surface area contributed by atoms with Gasteiger partial charge in [0, 0.05) is 6.42 Å². The number of hydrogen-bond acceptors (Lipinski definition) is 5. The van der Waals surface area contributed by atoms with Crippen LogP contribution in [0.3, 0.4) is 0 Å². The van der Waals surface area contributed by atoms with Crippen molar-refractivity contribution in [1.29, 1.82) is 0 Å². The van der Waals surface area contributed by atoms with Crippen LogP contribution in [-0.4, -0.2) is 25.7 Å². The molecule has 0 aliphatic rings. The number of ether oxygens (including phenoxy) is 2. The highest BCUT2D eigenvalue weighted by Crippen LogP contribution is 2.28. The number of hydrazone groups is 1. The number of nitrogens with one attached hydrogen (secondary N) is 1. The molecule has 0 atom stereocenters. The monoisotopic (exact) mass is 264 g/mol. The van der Waals surface area contributed by atoms with Crippen molar-refractivity contribution in [2.24, 2.45) is 5.10 Å². The second kappa shape index (κ2) is 7.89. The number of hydrogen-bond donors (Lipinski definition) is 1. The number of carbonyl (C=O) groups is 1. The smallest absolute Gasteiger partial charge is 0.258 e. The van der Waals surface area contributed by atoms with Crippen LogP contribution < -0.4 is 14.9 Å². The zero-order chi connectivity index (χ0) is 14.1. The Labute approximate surface area is 111 Å². The minimum absolute atomic E-state index is 0.225. The Kier molecular flexibility index (Phi) is 6.12. The molecule has 0 unspecified atom stereocenters. The molecule has 6 nitrogen and oxygen atoms in total. The first kappa shape index (κ1) is 14.7. The van der Waals surface area contributed by atoms with Gasteiger partial charge in [0.1, 0.15) is 0 Å². The van der Waals surface area contributed by atoms with Gasteiger partial charge in [-0.25, -0.2) is 10.2 Å². The van der Waals surface area contributed by atoms with Crippen LogP contribution in [-0.2, 0) is 16.0 Å². The van der Waals surface area contributed by atoms with Gasteiger partial charge < -0.3 is 9.47 Å². The molecule has 1 rings (SSSR count). The number of benzene rings is 1. The van der Waals surface area contributed by atoms with Crippen molar-refractivity contribution in [3.63, 3.8) is 0 Å². The number of aryl methyl sites for hydroxylation is 1. The van der Waals surface area contributed by atoms with Gasteiger partial charge in [0.25, 0.3) is 6.08 Å². The third kappa shape index (κ3) is 4.81. The molecule has 1 aromatic rings. The minimum Gasteiger partial charge on any atom is -0.493 e. The summed E-state index contributed by atoms with van der Waals surface area (Å²) >= 11 is 0. The third-order valence-corrected chi connectivity index (χ3v) is 2.39. The van der Waals surface area contributed by atoms with Gasteiger partial charge in [0.15, 0.2) is 11.5 Å². The summed E-state index contributed by atoms with van der Waals surface area (Å²) in [6.45, 7) is 2.42. The van der Waals surface area contributed by atoms with E-state index >= 15 is 0 Å². The molecule has 19 heavy (non-hydrogen) atoms. The number of amides is 1. The fourth-order valence-corrected chi connectivity index (χ4v) is 1.54. The SMILES string of the molecule is CCOc1cc(CCC(=O)NN=C=O)ccc1OC. The molecule has 1 aromatic carbocycles. The van der Waals surface area contributed by atoms with E-state index in [1.54, 1.807) is 13.2 Å². The molecule has 0 aliphatic carbocycles. The molecular formula is C13H16N2O4. The molecule has 0 radical (unpaired) electrons. The average molecular weight is 264 g/mol. The van der Waals surface area contributed by atoms with E-state index in [4.69, 9.17) is 9.47 Å². The topological polar surface area (TPSA) is 77.0 Å². The standard InChI is InChI=1S/C13H16N2O4/c1-3-19-12-8-10(4-6-11(12)18-2)5-7-13(17)15-14-9-16/h4,6,8H,3,5,7H2,1-2H3,(H,15,17). The zero-order valence-electron chi connectivity index (χ0n) is 10.9. The number of nitrogens with zero attached hydrogens (tertiary/aromatic N) is 1. The quantitative estimate of drug-likeness (QED) is 0.458. The van der Waals surface area contributed by atoms with Gasteiger partial charge in [-0.15, -0.1) is 0 Å². The van der Waals surface area contributed by atoms with Crippen molar-refractivity contribution >= 4 is 12.0 Å². The largest absolute Gasteiger partial charge is 0.493 e. The van der Waals surface area contributed by atoms with Crippen molar-refractivity contribution in [1.82, 2.24) is 5.43 Å². The fourth-order valence-electron chi connectivity index (χ4n) is 1.54. The Morgan fingerprint density at radius 1 is 1.42 bits per heavy atom. The van der Waals surface area contributed by atoms with Crippen LogP contribution in [0.1, 0.15) is 18.9 Å². The number of methoxy groups -OCH3 is 1. The Balaban J connectivity index is 2.66. The van der Waals surface area contributed by atoms with Gasteiger partial charge in [0.2, 0.25) is 5.91 Å². The first-order chi connectivity index (χ1) is 9.21. The predicted molar refractivity (Wildman–Crippen MR) is 68.7 cm³/mol. The van der Waals surface area contributed by atoms with Crippen molar-refractivity contribution in [3.05, 3.63) is 23.8 Å². The Hall–Kier alpha value is -2.33. The summed E-state index contributed by atoms with van der Waals surface area (Å²) in [6.07, 6.45) is 1.99. The van der Waals surface area contributed by atoms with Crippen LogP contribution in [0, 0.1) is 0 Å². The van der Waals surface area contributed by atoms with Crippen molar-refractivity contribution in [2.45, 2.75) is 19.8 Å². The molecule has 0 bridgehead atoms. The highest BCUT2D eigenvalue weighted by molar-refractivity contribution is 5.76. The normalized spacial score (nSPS) is 9.37. The van der Waals surface area contributed by atoms with Crippen LogP contribution >= 0.6 is 0 Å². The number of carbonyl (C=O) groups excluding carboxylic acids is 2. The lowest BCUT2D eigenvalue weighted by atomic mass is 10.1. The number of rotatable bonds is 7. The molecule has 102 valence electrons. The molecule has 1 amide bonds. The van der Waals surface area contributed by atoms with Crippen LogP contribution in [0.4, 0.5) is 0 Å². The maximum atomic E-state index is 11.3. The van der Waals surface area contributed by atoms with E-state index in [9.17, 15) is 9.59 Å². The molecule has 0 saturated heterocycles. The molecule has 0 spiro atoms. The van der Waals surface area contributed by atoms with E-state index in [-0.39, 0.29) is 12.3 Å². The van der Waals surface area contributed by atoms with Crippen molar-refractivity contribution < 1.29 is 19.1 Å². The molecule has 0 aromatic heterocycles. The summed E-state index contributed by atoms with van der Waals surface area (Å²) in [7, 11) is 1.57. The van der Waals surface area contributed by atoms with E-state index in [2.05, 4.69) is 10.5 Å². The van der Waals surface area contributed by atoms with E-state index in [0.29, 0.717) is 24.5 Å². The Bertz CT molecular complexity index is 482. The van der Waals surface area contributed by atoms with E-state index in [1.807, 2.05) is 19.1 Å². The van der Waals surface area contributed by atoms with E-state index in [0.717, 1.165) is 5.56 Å². The minimum atomic E-state index is -0.336. The van der Waals surface area contributed by atoms with Crippen molar-refractivity contribution in [3.8, 4) is 11.5 Å². The van der Waals surface area contributed by atoms with Gasteiger partial charge in [-0.05, 0) is 31.0 Å². The summed E-state index contributed by atoms with van der Waals surface area (Å²) in [5, 5.41) is 3.01.